The van der Waals surface area contributed by atoms with Crippen LogP contribution in [0.4, 0.5) is 13.2 Å². The Kier molecular flexibility index (Phi) is 5.62. The maximum atomic E-state index is 13.4. The highest BCUT2D eigenvalue weighted by Crippen LogP contribution is 2.34. The van der Waals surface area contributed by atoms with Gasteiger partial charge < -0.3 is 4.90 Å². The van der Waals surface area contributed by atoms with Crippen molar-refractivity contribution in [1.29, 1.82) is 0 Å². The van der Waals surface area contributed by atoms with Crippen LogP contribution >= 0.6 is 0 Å². The monoisotopic (exact) mass is 441 g/mol. The topological polar surface area (TPSA) is 55.2 Å². The zero-order chi connectivity index (χ0) is 23.0. The number of alkyl halides is 3. The van der Waals surface area contributed by atoms with Gasteiger partial charge in [-0.15, -0.1) is 0 Å². The predicted octanol–water partition coefficient (Wildman–Crippen LogP) is 4.85. The summed E-state index contributed by atoms with van der Waals surface area (Å²) in [5.74, 6) is -0.513. The average molecular weight is 441 g/mol. The van der Waals surface area contributed by atoms with Gasteiger partial charge in [0.2, 0.25) is 5.43 Å². The summed E-state index contributed by atoms with van der Waals surface area (Å²) in [4.78, 5) is 27.6. The summed E-state index contributed by atoms with van der Waals surface area (Å²) in [5.41, 5.74) is 0.853. The molecular formula is C24H22F3N3O2. The molecule has 3 aromatic rings. The number of nitrogens with zero attached hydrogens (tertiary/aromatic N) is 3. The molecule has 0 aliphatic carbocycles. The standard InChI is InChI=1S/C24H22F3N3O2/c1-15-7-3-4-10-19(15)20-11-6-12-29(20)23(32)22-21(31)13-16(2)30(28-22)18-9-5-8-17(14-18)24(25,26)27/h3-5,7-10,13-14,20H,6,11-12H2,1-2H3. The van der Waals surface area contributed by atoms with Gasteiger partial charge in [-0.25, -0.2) is 4.68 Å². The van der Waals surface area contributed by atoms with E-state index in [0.29, 0.717) is 12.2 Å². The van der Waals surface area contributed by atoms with Crippen LogP contribution in [0.25, 0.3) is 5.69 Å². The van der Waals surface area contributed by atoms with E-state index in [9.17, 15) is 22.8 Å². The lowest BCUT2D eigenvalue weighted by Gasteiger charge is -2.26. The molecule has 1 saturated heterocycles. The van der Waals surface area contributed by atoms with Crippen LogP contribution < -0.4 is 5.43 Å². The predicted molar refractivity (Wildman–Crippen MR) is 114 cm³/mol. The Labute approximate surface area is 183 Å². The second kappa shape index (κ2) is 8.26. The van der Waals surface area contributed by atoms with E-state index in [-0.39, 0.29) is 17.4 Å². The minimum Gasteiger partial charge on any atom is -0.330 e. The van der Waals surface area contributed by atoms with Gasteiger partial charge in [0.15, 0.2) is 5.69 Å². The Morgan fingerprint density at radius 3 is 2.53 bits per heavy atom. The maximum Gasteiger partial charge on any atom is 0.416 e. The quantitative estimate of drug-likeness (QED) is 0.584. The molecule has 0 radical (unpaired) electrons. The Hall–Kier alpha value is -3.42. The van der Waals surface area contributed by atoms with Crippen molar-refractivity contribution in [2.45, 2.75) is 38.9 Å². The van der Waals surface area contributed by atoms with E-state index in [1.54, 1.807) is 11.8 Å². The molecule has 5 nitrogen and oxygen atoms in total. The number of aryl methyl sites for hydroxylation is 2. The lowest BCUT2D eigenvalue weighted by Crippen LogP contribution is -2.36. The van der Waals surface area contributed by atoms with Gasteiger partial charge in [0.25, 0.3) is 5.91 Å². The van der Waals surface area contributed by atoms with Crippen LogP contribution in [-0.4, -0.2) is 27.1 Å². The molecule has 1 unspecified atom stereocenters. The fourth-order valence-corrected chi connectivity index (χ4v) is 4.20. The first-order chi connectivity index (χ1) is 15.2. The molecule has 1 aliphatic heterocycles. The van der Waals surface area contributed by atoms with E-state index in [1.807, 2.05) is 31.2 Å². The van der Waals surface area contributed by atoms with E-state index in [0.717, 1.165) is 36.1 Å². The molecule has 4 rings (SSSR count). The minimum absolute atomic E-state index is 0.128. The fraction of sp³-hybridized carbons (Fsp3) is 0.292. The summed E-state index contributed by atoms with van der Waals surface area (Å²) < 4.78 is 40.7. The number of amides is 1. The molecule has 2 heterocycles. The van der Waals surface area contributed by atoms with Crippen molar-refractivity contribution < 1.29 is 18.0 Å². The zero-order valence-electron chi connectivity index (χ0n) is 17.7. The summed E-state index contributed by atoms with van der Waals surface area (Å²) in [5, 5.41) is 4.21. The van der Waals surface area contributed by atoms with Crippen molar-refractivity contribution in [3.63, 3.8) is 0 Å². The molecule has 0 spiro atoms. The first kappa shape index (κ1) is 21.8. The molecule has 0 bridgehead atoms. The molecular weight excluding hydrogens is 419 g/mol. The van der Waals surface area contributed by atoms with Gasteiger partial charge in [-0.1, -0.05) is 30.3 Å². The molecule has 166 valence electrons. The van der Waals surface area contributed by atoms with Crippen molar-refractivity contribution in [1.82, 2.24) is 14.7 Å². The molecule has 8 heteroatoms. The minimum atomic E-state index is -4.52. The summed E-state index contributed by atoms with van der Waals surface area (Å²) >= 11 is 0. The van der Waals surface area contributed by atoms with Crippen LogP contribution in [0, 0.1) is 13.8 Å². The van der Waals surface area contributed by atoms with Gasteiger partial charge in [0.1, 0.15) is 0 Å². The van der Waals surface area contributed by atoms with Crippen LogP contribution in [0.2, 0.25) is 0 Å². The normalized spacial score (nSPS) is 16.4. The van der Waals surface area contributed by atoms with E-state index in [4.69, 9.17) is 0 Å². The third kappa shape index (κ3) is 4.04. The van der Waals surface area contributed by atoms with Gasteiger partial charge in [-0.05, 0) is 56.0 Å². The number of aromatic nitrogens is 2. The first-order valence-electron chi connectivity index (χ1n) is 10.3. The highest BCUT2D eigenvalue weighted by Gasteiger charge is 2.34. The van der Waals surface area contributed by atoms with Crippen LogP contribution in [0.3, 0.4) is 0 Å². The molecule has 0 N–H and O–H groups in total. The van der Waals surface area contributed by atoms with Crippen molar-refractivity contribution in [3.05, 3.63) is 92.9 Å². The number of halogens is 3. The van der Waals surface area contributed by atoms with E-state index in [1.165, 1.54) is 22.9 Å². The van der Waals surface area contributed by atoms with Gasteiger partial charge in [0, 0.05) is 18.3 Å². The molecule has 1 aromatic heterocycles. The lowest BCUT2D eigenvalue weighted by molar-refractivity contribution is -0.137. The number of carbonyl (C=O) groups is 1. The lowest BCUT2D eigenvalue weighted by atomic mass is 9.99. The fourth-order valence-electron chi connectivity index (χ4n) is 4.20. The van der Waals surface area contributed by atoms with Crippen molar-refractivity contribution >= 4 is 5.91 Å². The number of likely N-dealkylation sites (tertiary alicyclic amines) is 1. The second-order valence-corrected chi connectivity index (χ2v) is 7.97. The molecule has 1 amide bonds. The number of hydrogen-bond donors (Lipinski definition) is 0. The number of hydrogen-bond acceptors (Lipinski definition) is 3. The molecule has 32 heavy (non-hydrogen) atoms. The Morgan fingerprint density at radius 2 is 1.81 bits per heavy atom. The number of carbonyl (C=O) groups excluding carboxylic acids is 1. The summed E-state index contributed by atoms with van der Waals surface area (Å²) in [6, 6.07) is 13.5. The molecule has 1 atom stereocenters. The average Bonchev–Trinajstić information content (AvgIpc) is 3.23. The maximum absolute atomic E-state index is 13.4. The van der Waals surface area contributed by atoms with Gasteiger partial charge in [-0.3, -0.25) is 9.59 Å². The van der Waals surface area contributed by atoms with E-state index < -0.39 is 23.1 Å². The van der Waals surface area contributed by atoms with E-state index in [2.05, 4.69) is 5.10 Å². The Morgan fingerprint density at radius 1 is 1.06 bits per heavy atom. The zero-order valence-corrected chi connectivity index (χ0v) is 17.7. The molecule has 1 aliphatic rings. The Bertz CT molecular complexity index is 1230. The largest absolute Gasteiger partial charge is 0.416 e. The highest BCUT2D eigenvalue weighted by atomic mass is 19.4. The highest BCUT2D eigenvalue weighted by molar-refractivity contribution is 5.92. The third-order valence-electron chi connectivity index (χ3n) is 5.79. The van der Waals surface area contributed by atoms with Crippen molar-refractivity contribution in [2.24, 2.45) is 0 Å². The summed E-state index contributed by atoms with van der Waals surface area (Å²) in [7, 11) is 0. The smallest absolute Gasteiger partial charge is 0.330 e. The molecule has 1 fully saturated rings. The van der Waals surface area contributed by atoms with Crippen molar-refractivity contribution in [2.75, 3.05) is 6.54 Å². The number of benzene rings is 2. The Balaban J connectivity index is 1.74. The molecule has 0 saturated carbocycles. The van der Waals surface area contributed by atoms with Crippen LogP contribution in [-0.2, 0) is 6.18 Å². The second-order valence-electron chi connectivity index (χ2n) is 7.97. The van der Waals surface area contributed by atoms with E-state index >= 15 is 0 Å². The SMILES string of the molecule is Cc1ccccc1C1CCCN1C(=O)c1nn(-c2cccc(C(F)(F)F)c2)c(C)cc1=O. The first-order valence-corrected chi connectivity index (χ1v) is 10.3. The third-order valence-corrected chi connectivity index (χ3v) is 5.79. The summed E-state index contributed by atoms with van der Waals surface area (Å²) in [6.07, 6.45) is -2.96. The van der Waals surface area contributed by atoms with Gasteiger partial charge >= 0.3 is 6.18 Å². The van der Waals surface area contributed by atoms with Crippen LogP contribution in [0.1, 0.15) is 51.8 Å². The molecule has 2 aromatic carbocycles. The van der Waals surface area contributed by atoms with Gasteiger partial charge in [0.05, 0.1) is 17.3 Å². The van der Waals surface area contributed by atoms with Crippen LogP contribution in [0.5, 0.6) is 0 Å². The summed E-state index contributed by atoms with van der Waals surface area (Å²) in [6.45, 7) is 4.02. The van der Waals surface area contributed by atoms with Crippen molar-refractivity contribution in [3.8, 4) is 5.69 Å². The number of rotatable bonds is 3. The van der Waals surface area contributed by atoms with Crippen LogP contribution in [0.15, 0.2) is 59.4 Å². The van der Waals surface area contributed by atoms with Gasteiger partial charge in [-0.2, -0.15) is 18.3 Å².